The van der Waals surface area contributed by atoms with Crippen LogP contribution in [0.5, 0.6) is 0 Å². The standard InChI is InChI=1S/C20H19NO2S/c1-4-24-18-17(15-8-6-5-7-9-15)19(22)21(20(18)23)16-11-10-13(2)12-14(16)3/h5-12H,4H2,1-3H3. The normalized spacial score (nSPS) is 14.7. The Kier molecular flexibility index (Phi) is 4.58. The highest BCUT2D eigenvalue weighted by atomic mass is 32.2. The molecule has 0 radical (unpaired) electrons. The molecule has 0 atom stereocenters. The maximum Gasteiger partial charge on any atom is 0.272 e. The average molecular weight is 337 g/mol. The fraction of sp³-hybridized carbons (Fsp3) is 0.200. The molecule has 0 fully saturated rings. The van der Waals surface area contributed by atoms with E-state index in [1.54, 1.807) is 0 Å². The monoisotopic (exact) mass is 337 g/mol. The number of amides is 2. The number of rotatable bonds is 4. The third kappa shape index (κ3) is 2.78. The fourth-order valence-electron chi connectivity index (χ4n) is 2.92. The van der Waals surface area contributed by atoms with Crippen LogP contribution in [0.15, 0.2) is 53.4 Å². The molecule has 2 aromatic carbocycles. The van der Waals surface area contributed by atoms with Crippen molar-refractivity contribution >= 4 is 34.8 Å². The van der Waals surface area contributed by atoms with Gasteiger partial charge in [-0.25, -0.2) is 4.90 Å². The maximum atomic E-state index is 13.1. The smallest absolute Gasteiger partial charge is 0.268 e. The number of hydrogen-bond donors (Lipinski definition) is 0. The van der Waals surface area contributed by atoms with Gasteiger partial charge in [0, 0.05) is 0 Å². The molecule has 4 heteroatoms. The van der Waals surface area contributed by atoms with Crippen LogP contribution in [-0.4, -0.2) is 17.6 Å². The largest absolute Gasteiger partial charge is 0.272 e. The first-order valence-corrected chi connectivity index (χ1v) is 8.91. The number of aryl methyl sites for hydroxylation is 2. The second kappa shape index (κ2) is 6.65. The predicted octanol–water partition coefficient (Wildman–Crippen LogP) is 4.34. The van der Waals surface area contributed by atoms with Gasteiger partial charge in [-0.3, -0.25) is 9.59 Å². The van der Waals surface area contributed by atoms with Crippen LogP contribution in [0.1, 0.15) is 23.6 Å². The second-order valence-electron chi connectivity index (χ2n) is 5.74. The lowest BCUT2D eigenvalue weighted by Gasteiger charge is -2.18. The van der Waals surface area contributed by atoms with E-state index in [9.17, 15) is 9.59 Å². The molecule has 0 saturated heterocycles. The highest BCUT2D eigenvalue weighted by Gasteiger charge is 2.40. The minimum Gasteiger partial charge on any atom is -0.268 e. The van der Waals surface area contributed by atoms with Crippen LogP contribution in [0.3, 0.4) is 0 Å². The predicted molar refractivity (Wildman–Crippen MR) is 99.9 cm³/mol. The summed E-state index contributed by atoms with van der Waals surface area (Å²) in [5.41, 5.74) is 3.99. The van der Waals surface area contributed by atoms with Crippen molar-refractivity contribution in [1.82, 2.24) is 0 Å². The van der Waals surface area contributed by atoms with Crippen molar-refractivity contribution in [3.8, 4) is 0 Å². The Labute approximate surface area is 146 Å². The number of benzene rings is 2. The zero-order valence-electron chi connectivity index (χ0n) is 14.0. The van der Waals surface area contributed by atoms with Gasteiger partial charge in [0.2, 0.25) is 0 Å². The van der Waals surface area contributed by atoms with Gasteiger partial charge < -0.3 is 0 Å². The van der Waals surface area contributed by atoms with Crippen molar-refractivity contribution in [3.63, 3.8) is 0 Å². The van der Waals surface area contributed by atoms with E-state index < -0.39 is 0 Å². The zero-order valence-corrected chi connectivity index (χ0v) is 14.8. The Morgan fingerprint density at radius 3 is 2.29 bits per heavy atom. The molecular formula is C20H19NO2S. The fourth-order valence-corrected chi connectivity index (χ4v) is 3.78. The van der Waals surface area contributed by atoms with Crippen molar-refractivity contribution in [2.45, 2.75) is 20.8 Å². The maximum absolute atomic E-state index is 13.1. The van der Waals surface area contributed by atoms with Gasteiger partial charge in [0.25, 0.3) is 11.8 Å². The molecule has 1 heterocycles. The van der Waals surface area contributed by atoms with Gasteiger partial charge >= 0.3 is 0 Å². The van der Waals surface area contributed by atoms with Crippen molar-refractivity contribution in [2.24, 2.45) is 0 Å². The summed E-state index contributed by atoms with van der Waals surface area (Å²) in [6, 6.07) is 15.2. The summed E-state index contributed by atoms with van der Waals surface area (Å²) in [5, 5.41) is 0. The molecule has 0 saturated carbocycles. The van der Waals surface area contributed by atoms with Crippen LogP contribution in [0.25, 0.3) is 5.57 Å². The molecule has 0 spiro atoms. The SMILES string of the molecule is CCSC1=C(c2ccccc2)C(=O)N(c2ccc(C)cc2C)C1=O. The molecule has 1 aliphatic rings. The van der Waals surface area contributed by atoms with Crippen LogP contribution in [0, 0.1) is 13.8 Å². The van der Waals surface area contributed by atoms with Gasteiger partial charge in [-0.1, -0.05) is 55.0 Å². The number of carbonyl (C=O) groups is 2. The Bertz CT molecular complexity index is 840. The average Bonchev–Trinajstić information content (AvgIpc) is 2.80. The number of nitrogens with zero attached hydrogens (tertiary/aromatic N) is 1. The van der Waals surface area contributed by atoms with E-state index in [0.29, 0.717) is 16.2 Å². The van der Waals surface area contributed by atoms with Gasteiger partial charge in [-0.05, 0) is 36.8 Å². The number of imide groups is 1. The number of carbonyl (C=O) groups excluding carboxylic acids is 2. The van der Waals surface area contributed by atoms with Crippen LogP contribution >= 0.6 is 11.8 Å². The van der Waals surface area contributed by atoms with Gasteiger partial charge in [0.15, 0.2) is 0 Å². The van der Waals surface area contributed by atoms with Gasteiger partial charge in [-0.2, -0.15) is 0 Å². The van der Waals surface area contributed by atoms with E-state index in [1.165, 1.54) is 16.7 Å². The Hall–Kier alpha value is -2.33. The van der Waals surface area contributed by atoms with Gasteiger partial charge in [0.05, 0.1) is 16.2 Å². The van der Waals surface area contributed by atoms with E-state index in [4.69, 9.17) is 0 Å². The molecule has 0 bridgehead atoms. The first-order chi connectivity index (χ1) is 11.5. The van der Waals surface area contributed by atoms with Crippen LogP contribution in [0.4, 0.5) is 5.69 Å². The molecule has 0 aliphatic carbocycles. The minimum absolute atomic E-state index is 0.224. The first-order valence-electron chi connectivity index (χ1n) is 7.93. The minimum atomic E-state index is -0.242. The second-order valence-corrected chi connectivity index (χ2v) is 7.01. The number of hydrogen-bond acceptors (Lipinski definition) is 3. The van der Waals surface area contributed by atoms with E-state index in [-0.39, 0.29) is 11.8 Å². The summed E-state index contributed by atoms with van der Waals surface area (Å²) in [7, 11) is 0. The highest BCUT2D eigenvalue weighted by molar-refractivity contribution is 8.04. The molecule has 0 aromatic heterocycles. The molecule has 3 rings (SSSR count). The van der Waals surface area contributed by atoms with Gasteiger partial charge in [0.1, 0.15) is 0 Å². The third-order valence-electron chi connectivity index (χ3n) is 3.99. The van der Waals surface area contributed by atoms with Crippen molar-refractivity contribution in [3.05, 3.63) is 70.1 Å². The molecule has 2 aromatic rings. The molecule has 0 N–H and O–H groups in total. The Morgan fingerprint density at radius 1 is 0.958 bits per heavy atom. The van der Waals surface area contributed by atoms with E-state index in [1.807, 2.05) is 69.3 Å². The van der Waals surface area contributed by atoms with Crippen LogP contribution in [-0.2, 0) is 9.59 Å². The summed E-state index contributed by atoms with van der Waals surface area (Å²) in [6.45, 7) is 5.91. The molecule has 1 aliphatic heterocycles. The molecule has 2 amide bonds. The summed E-state index contributed by atoms with van der Waals surface area (Å²) >= 11 is 1.43. The molecule has 122 valence electrons. The molecule has 3 nitrogen and oxygen atoms in total. The lowest BCUT2D eigenvalue weighted by Crippen LogP contribution is -2.32. The number of anilines is 1. The Morgan fingerprint density at radius 2 is 1.67 bits per heavy atom. The van der Waals surface area contributed by atoms with Crippen LogP contribution < -0.4 is 4.90 Å². The third-order valence-corrected chi connectivity index (χ3v) is 4.94. The topological polar surface area (TPSA) is 37.4 Å². The number of thioether (sulfide) groups is 1. The molecule has 24 heavy (non-hydrogen) atoms. The first kappa shape index (κ1) is 16.5. The van der Waals surface area contributed by atoms with Crippen LogP contribution in [0.2, 0.25) is 0 Å². The lowest BCUT2D eigenvalue weighted by molar-refractivity contribution is -0.119. The van der Waals surface area contributed by atoms with Crippen molar-refractivity contribution in [2.75, 3.05) is 10.7 Å². The quantitative estimate of drug-likeness (QED) is 0.779. The highest BCUT2D eigenvalue weighted by Crippen LogP contribution is 2.39. The summed E-state index contributed by atoms with van der Waals surface area (Å²) in [5.74, 6) is 0.276. The summed E-state index contributed by atoms with van der Waals surface area (Å²) in [4.78, 5) is 27.9. The van der Waals surface area contributed by atoms with E-state index in [2.05, 4.69) is 0 Å². The van der Waals surface area contributed by atoms with Crippen molar-refractivity contribution in [1.29, 1.82) is 0 Å². The lowest BCUT2D eigenvalue weighted by atomic mass is 10.1. The van der Waals surface area contributed by atoms with E-state index >= 15 is 0 Å². The van der Waals surface area contributed by atoms with E-state index in [0.717, 1.165) is 22.4 Å². The molecule has 0 unspecified atom stereocenters. The Balaban J connectivity index is 2.11. The molecular weight excluding hydrogens is 318 g/mol. The van der Waals surface area contributed by atoms with Crippen molar-refractivity contribution < 1.29 is 9.59 Å². The summed E-state index contributed by atoms with van der Waals surface area (Å²) in [6.07, 6.45) is 0. The van der Waals surface area contributed by atoms with Gasteiger partial charge in [-0.15, -0.1) is 11.8 Å². The summed E-state index contributed by atoms with van der Waals surface area (Å²) < 4.78 is 0. The zero-order chi connectivity index (χ0) is 17.3.